The van der Waals surface area contributed by atoms with Crippen LogP contribution in [-0.4, -0.2) is 19.6 Å². The molecule has 0 fully saturated rings. The van der Waals surface area contributed by atoms with Crippen LogP contribution in [0.1, 0.15) is 12.5 Å². The fourth-order valence-corrected chi connectivity index (χ4v) is 1.58. The molecule has 0 atom stereocenters. The van der Waals surface area contributed by atoms with Crippen LogP contribution in [0.4, 0.5) is 8.78 Å². The van der Waals surface area contributed by atoms with Crippen LogP contribution in [0.15, 0.2) is 22.7 Å². The second kappa shape index (κ2) is 6.81. The van der Waals surface area contributed by atoms with Crippen molar-refractivity contribution in [2.24, 2.45) is 0 Å². The molecule has 0 heterocycles. The molecule has 90 valence electrons. The molecule has 1 rings (SSSR count). The summed E-state index contributed by atoms with van der Waals surface area (Å²) in [5, 5.41) is 3.16. The lowest BCUT2D eigenvalue weighted by atomic mass is 10.2. The number of hydrogen-bond acceptors (Lipinski definition) is 2. The zero-order valence-electron chi connectivity index (χ0n) is 8.97. The molecule has 16 heavy (non-hydrogen) atoms. The summed E-state index contributed by atoms with van der Waals surface area (Å²) in [6.07, 6.45) is -2.44. The second-order valence-electron chi connectivity index (χ2n) is 3.24. The molecule has 1 aromatic rings. The normalized spacial score (nSPS) is 10.8. The van der Waals surface area contributed by atoms with Crippen LogP contribution in [0.2, 0.25) is 0 Å². The van der Waals surface area contributed by atoms with E-state index in [1.54, 1.807) is 18.2 Å². The molecular weight excluding hydrogens is 280 g/mol. The Kier molecular flexibility index (Phi) is 5.69. The van der Waals surface area contributed by atoms with Crippen LogP contribution in [0.25, 0.3) is 0 Å². The van der Waals surface area contributed by atoms with Gasteiger partial charge in [-0.2, -0.15) is 0 Å². The highest BCUT2D eigenvalue weighted by atomic mass is 79.9. The highest BCUT2D eigenvalue weighted by Gasteiger charge is 2.06. The average Bonchev–Trinajstić information content (AvgIpc) is 2.26. The van der Waals surface area contributed by atoms with E-state index in [0.717, 1.165) is 16.6 Å². The molecule has 0 bridgehead atoms. The maximum absolute atomic E-state index is 12.0. The maximum Gasteiger partial charge on any atom is 0.272 e. The topological polar surface area (TPSA) is 21.3 Å². The van der Waals surface area contributed by atoms with Crippen molar-refractivity contribution in [2.75, 3.05) is 13.2 Å². The molecule has 1 aromatic carbocycles. The summed E-state index contributed by atoms with van der Waals surface area (Å²) in [5.41, 5.74) is 0.994. The lowest BCUT2D eigenvalue weighted by Crippen LogP contribution is -2.12. The van der Waals surface area contributed by atoms with Crippen molar-refractivity contribution in [2.45, 2.75) is 19.9 Å². The van der Waals surface area contributed by atoms with Crippen molar-refractivity contribution in [3.8, 4) is 5.75 Å². The van der Waals surface area contributed by atoms with Gasteiger partial charge in [-0.1, -0.05) is 22.9 Å². The third kappa shape index (κ3) is 4.45. The first-order chi connectivity index (χ1) is 7.63. The molecule has 0 aliphatic heterocycles. The summed E-state index contributed by atoms with van der Waals surface area (Å²) in [6.45, 7) is 2.98. The molecule has 0 aliphatic rings. The maximum atomic E-state index is 12.0. The number of rotatable bonds is 6. The zero-order chi connectivity index (χ0) is 12.0. The highest BCUT2D eigenvalue weighted by Crippen LogP contribution is 2.22. The SMILES string of the molecule is CCNCc1cc(OCC(F)F)ccc1Br. The highest BCUT2D eigenvalue weighted by molar-refractivity contribution is 9.10. The summed E-state index contributed by atoms with van der Waals surface area (Å²) >= 11 is 3.40. The number of halogens is 3. The van der Waals surface area contributed by atoms with E-state index >= 15 is 0 Å². The lowest BCUT2D eigenvalue weighted by Gasteiger charge is -2.09. The summed E-state index contributed by atoms with van der Waals surface area (Å²) in [5.74, 6) is 0.469. The van der Waals surface area contributed by atoms with Gasteiger partial charge >= 0.3 is 0 Å². The molecule has 0 unspecified atom stereocenters. The van der Waals surface area contributed by atoms with Gasteiger partial charge in [0.05, 0.1) is 0 Å². The Morgan fingerprint density at radius 3 is 2.81 bits per heavy atom. The molecule has 1 N–H and O–H groups in total. The number of ether oxygens (including phenoxy) is 1. The van der Waals surface area contributed by atoms with Crippen molar-refractivity contribution in [1.29, 1.82) is 0 Å². The van der Waals surface area contributed by atoms with E-state index in [2.05, 4.69) is 21.2 Å². The zero-order valence-corrected chi connectivity index (χ0v) is 10.6. The molecule has 0 radical (unpaired) electrons. The van der Waals surface area contributed by atoms with Crippen molar-refractivity contribution in [3.05, 3.63) is 28.2 Å². The lowest BCUT2D eigenvalue weighted by molar-refractivity contribution is 0.0818. The van der Waals surface area contributed by atoms with E-state index in [-0.39, 0.29) is 0 Å². The third-order valence-electron chi connectivity index (χ3n) is 1.96. The molecule has 0 aliphatic carbocycles. The number of benzene rings is 1. The summed E-state index contributed by atoms with van der Waals surface area (Å²) < 4.78 is 29.8. The molecule has 0 amide bonds. The predicted molar refractivity (Wildman–Crippen MR) is 63.0 cm³/mol. The third-order valence-corrected chi connectivity index (χ3v) is 2.73. The van der Waals surface area contributed by atoms with Gasteiger partial charge in [-0.3, -0.25) is 0 Å². The van der Waals surface area contributed by atoms with Crippen LogP contribution < -0.4 is 10.1 Å². The Morgan fingerprint density at radius 2 is 2.19 bits per heavy atom. The molecule has 0 spiro atoms. The molecule has 0 saturated carbocycles. The summed E-state index contributed by atoms with van der Waals surface area (Å²) in [4.78, 5) is 0. The van der Waals surface area contributed by atoms with Gasteiger partial charge in [0.2, 0.25) is 0 Å². The summed E-state index contributed by atoms with van der Waals surface area (Å²) in [6, 6.07) is 5.23. The molecule has 2 nitrogen and oxygen atoms in total. The second-order valence-corrected chi connectivity index (χ2v) is 4.09. The standard InChI is InChI=1S/C11H14BrF2NO/c1-2-15-6-8-5-9(3-4-10(8)12)16-7-11(13)14/h3-5,11,15H,2,6-7H2,1H3. The first kappa shape index (κ1) is 13.4. The molecule has 5 heteroatoms. The van der Waals surface area contributed by atoms with E-state index in [0.29, 0.717) is 12.3 Å². The molecular formula is C11H14BrF2NO. The fourth-order valence-electron chi connectivity index (χ4n) is 1.20. The number of alkyl halides is 2. The number of nitrogens with one attached hydrogen (secondary N) is 1. The van der Waals surface area contributed by atoms with Gasteiger partial charge in [0.25, 0.3) is 6.43 Å². The summed E-state index contributed by atoms with van der Waals surface area (Å²) in [7, 11) is 0. The molecule has 0 saturated heterocycles. The van der Waals surface area contributed by atoms with Crippen molar-refractivity contribution in [1.82, 2.24) is 5.32 Å². The van der Waals surface area contributed by atoms with Gasteiger partial charge in [-0.15, -0.1) is 0 Å². The van der Waals surface area contributed by atoms with Gasteiger partial charge < -0.3 is 10.1 Å². The Balaban J connectivity index is 2.65. The van der Waals surface area contributed by atoms with E-state index < -0.39 is 13.0 Å². The van der Waals surface area contributed by atoms with E-state index in [1.807, 2.05) is 6.92 Å². The van der Waals surface area contributed by atoms with Crippen LogP contribution in [0.5, 0.6) is 5.75 Å². The minimum Gasteiger partial charge on any atom is -0.488 e. The first-order valence-electron chi connectivity index (χ1n) is 5.03. The Bertz CT molecular complexity index is 334. The van der Waals surface area contributed by atoms with Crippen LogP contribution in [0.3, 0.4) is 0 Å². The quantitative estimate of drug-likeness (QED) is 0.870. The van der Waals surface area contributed by atoms with Crippen LogP contribution in [0, 0.1) is 0 Å². The monoisotopic (exact) mass is 293 g/mol. The van der Waals surface area contributed by atoms with Gasteiger partial charge in [0, 0.05) is 11.0 Å². The first-order valence-corrected chi connectivity index (χ1v) is 5.83. The minimum absolute atomic E-state index is 0.469. The Hall–Kier alpha value is -0.680. The van der Waals surface area contributed by atoms with Crippen molar-refractivity contribution < 1.29 is 13.5 Å². The van der Waals surface area contributed by atoms with Crippen LogP contribution >= 0.6 is 15.9 Å². The van der Waals surface area contributed by atoms with Crippen molar-refractivity contribution in [3.63, 3.8) is 0 Å². The largest absolute Gasteiger partial charge is 0.488 e. The van der Waals surface area contributed by atoms with Gasteiger partial charge in [-0.25, -0.2) is 8.78 Å². The smallest absolute Gasteiger partial charge is 0.272 e. The molecule has 0 aromatic heterocycles. The van der Waals surface area contributed by atoms with Gasteiger partial charge in [0.15, 0.2) is 0 Å². The number of hydrogen-bond donors (Lipinski definition) is 1. The Labute approximate surface area is 102 Å². The minimum atomic E-state index is -2.44. The predicted octanol–water partition coefficient (Wildman–Crippen LogP) is 3.20. The van der Waals surface area contributed by atoms with E-state index in [9.17, 15) is 8.78 Å². The average molecular weight is 294 g/mol. The van der Waals surface area contributed by atoms with E-state index in [1.165, 1.54) is 0 Å². The van der Waals surface area contributed by atoms with Crippen molar-refractivity contribution >= 4 is 15.9 Å². The van der Waals surface area contributed by atoms with E-state index in [4.69, 9.17) is 4.74 Å². The Morgan fingerprint density at radius 1 is 1.44 bits per heavy atom. The van der Waals surface area contributed by atoms with Crippen LogP contribution in [-0.2, 0) is 6.54 Å². The van der Waals surface area contributed by atoms with Gasteiger partial charge in [0.1, 0.15) is 12.4 Å². The fraction of sp³-hybridized carbons (Fsp3) is 0.455. The van der Waals surface area contributed by atoms with Gasteiger partial charge in [-0.05, 0) is 30.3 Å².